The topological polar surface area (TPSA) is 12.5 Å². The van der Waals surface area contributed by atoms with Gasteiger partial charge in [0.25, 0.3) is 0 Å². The summed E-state index contributed by atoms with van der Waals surface area (Å²) in [5.41, 5.74) is 1.73. The molecule has 0 amide bonds. The zero-order valence-electron chi connectivity index (χ0n) is 9.00. The van der Waals surface area contributed by atoms with E-state index in [1.54, 1.807) is 0 Å². The van der Waals surface area contributed by atoms with Crippen molar-refractivity contribution in [3.05, 3.63) is 11.6 Å². The lowest BCUT2D eigenvalue weighted by Crippen LogP contribution is -2.28. The van der Waals surface area contributed by atoms with Crippen molar-refractivity contribution in [2.24, 2.45) is 5.41 Å². The van der Waals surface area contributed by atoms with Crippen LogP contribution in [0.1, 0.15) is 33.6 Å². The van der Waals surface area contributed by atoms with Crippen LogP contribution in [0.4, 0.5) is 0 Å². The van der Waals surface area contributed by atoms with Crippen molar-refractivity contribution in [3.63, 3.8) is 0 Å². The molecule has 1 saturated heterocycles. The second-order valence-corrected chi connectivity index (χ2v) is 5.19. The molecule has 0 aromatic carbocycles. The van der Waals surface area contributed by atoms with Gasteiger partial charge in [-0.25, -0.2) is 0 Å². The summed E-state index contributed by atoms with van der Waals surface area (Å²) in [6.07, 6.45) is 5.12. The highest BCUT2D eigenvalue weighted by Crippen LogP contribution is 2.41. The van der Waals surface area contributed by atoms with Gasteiger partial charge in [0.1, 0.15) is 6.10 Å². The highest BCUT2D eigenvalue weighted by atomic mass is 16.7. The Bertz CT molecular complexity index is 239. The normalized spacial score (nSPS) is 34.9. The van der Waals surface area contributed by atoms with E-state index < -0.39 is 0 Å². The molecule has 0 N–H and O–H groups in total. The molecule has 1 aliphatic heterocycles. The third-order valence-corrected chi connectivity index (χ3v) is 3.00. The van der Waals surface area contributed by atoms with E-state index >= 15 is 0 Å². The van der Waals surface area contributed by atoms with Gasteiger partial charge in [0.15, 0.2) is 0 Å². The average Bonchev–Trinajstić information content (AvgIpc) is 2.51. The lowest BCUT2D eigenvalue weighted by atomic mass is 9.84. The molecule has 0 radical (unpaired) electrons. The molecule has 13 heavy (non-hydrogen) atoms. The maximum Gasteiger partial charge on any atom is 0.107 e. The Hall–Kier alpha value is -0.340. The Balaban J connectivity index is 2.24. The van der Waals surface area contributed by atoms with Crippen molar-refractivity contribution in [1.29, 1.82) is 0 Å². The number of rotatable bonds is 0. The van der Waals surface area contributed by atoms with E-state index in [2.05, 4.69) is 33.9 Å². The molecule has 1 heterocycles. The lowest BCUT2D eigenvalue weighted by molar-refractivity contribution is -0.167. The van der Waals surface area contributed by atoms with Crippen LogP contribution in [0.25, 0.3) is 0 Å². The number of likely N-dealkylation sites (N-methyl/N-ethyl adjacent to an activating group) is 1. The van der Waals surface area contributed by atoms with Crippen LogP contribution >= 0.6 is 0 Å². The smallest absolute Gasteiger partial charge is 0.107 e. The maximum atomic E-state index is 5.86. The van der Waals surface area contributed by atoms with E-state index in [1.165, 1.54) is 18.4 Å². The predicted octanol–water partition coefficient (Wildman–Crippen LogP) is 2.37. The quantitative estimate of drug-likeness (QED) is 0.532. The largest absolute Gasteiger partial charge is 0.290 e. The third kappa shape index (κ3) is 1.42. The molecule has 0 aromatic heterocycles. The molecule has 0 spiro atoms. The highest BCUT2D eigenvalue weighted by molar-refractivity contribution is 5.25. The summed E-state index contributed by atoms with van der Waals surface area (Å²) in [6.45, 7) is 6.73. The van der Waals surface area contributed by atoms with Crippen molar-refractivity contribution in [1.82, 2.24) is 5.06 Å². The molecule has 2 heteroatoms. The fourth-order valence-electron chi connectivity index (χ4n) is 2.34. The Labute approximate surface area is 80.5 Å². The van der Waals surface area contributed by atoms with Crippen LogP contribution in [0.3, 0.4) is 0 Å². The number of nitrogens with zero attached hydrogens (tertiary/aromatic N) is 1. The number of hydroxylamine groups is 2. The summed E-state index contributed by atoms with van der Waals surface area (Å²) in [5, 5.41) is 2.04. The van der Waals surface area contributed by atoms with Crippen molar-refractivity contribution >= 4 is 0 Å². The minimum atomic E-state index is 0.221. The summed E-state index contributed by atoms with van der Waals surface area (Å²) in [7, 11) is 2.05. The van der Waals surface area contributed by atoms with Gasteiger partial charge in [0.2, 0.25) is 0 Å². The van der Waals surface area contributed by atoms with Crippen LogP contribution in [0.5, 0.6) is 0 Å². The molecule has 1 fully saturated rings. The molecule has 2 aliphatic rings. The first-order chi connectivity index (χ1) is 6.00. The molecule has 2 nitrogen and oxygen atoms in total. The summed E-state index contributed by atoms with van der Waals surface area (Å²) in [4.78, 5) is 5.86. The summed E-state index contributed by atoms with van der Waals surface area (Å²) in [5.74, 6) is 0. The Kier molecular flexibility index (Phi) is 2.00. The van der Waals surface area contributed by atoms with E-state index in [4.69, 9.17) is 4.84 Å². The van der Waals surface area contributed by atoms with E-state index in [0.717, 1.165) is 0 Å². The Morgan fingerprint density at radius 3 is 2.77 bits per heavy atom. The summed E-state index contributed by atoms with van der Waals surface area (Å²) in [6, 6.07) is 0.559. The second kappa shape index (κ2) is 2.82. The zero-order chi connectivity index (χ0) is 9.64. The zero-order valence-corrected chi connectivity index (χ0v) is 9.00. The fourth-order valence-corrected chi connectivity index (χ4v) is 2.34. The molecule has 2 atom stereocenters. The lowest BCUT2D eigenvalue weighted by Gasteiger charge is -2.26. The van der Waals surface area contributed by atoms with Gasteiger partial charge in [-0.15, -0.1) is 0 Å². The first-order valence-corrected chi connectivity index (χ1v) is 5.09. The Morgan fingerprint density at radius 2 is 2.15 bits per heavy atom. The number of fused-ring (bicyclic) bond motifs is 1. The van der Waals surface area contributed by atoms with E-state index in [-0.39, 0.29) is 5.41 Å². The minimum Gasteiger partial charge on any atom is -0.290 e. The van der Waals surface area contributed by atoms with Crippen molar-refractivity contribution < 1.29 is 4.84 Å². The summed E-state index contributed by atoms with van der Waals surface area (Å²) < 4.78 is 0. The van der Waals surface area contributed by atoms with Gasteiger partial charge >= 0.3 is 0 Å². The molecule has 0 bridgehead atoms. The molecule has 0 unspecified atom stereocenters. The fraction of sp³-hybridized carbons (Fsp3) is 0.818. The first-order valence-electron chi connectivity index (χ1n) is 5.09. The molecular formula is C11H19NO. The first kappa shape index (κ1) is 9.22. The van der Waals surface area contributed by atoms with Gasteiger partial charge in [-0.2, -0.15) is 5.06 Å². The van der Waals surface area contributed by atoms with Crippen LogP contribution < -0.4 is 0 Å². The summed E-state index contributed by atoms with van der Waals surface area (Å²) >= 11 is 0. The standard InChI is InChI=1S/C11H19NO/c1-11(2,3)10-8-6-5-7-9(8)12(4)13-10/h6,9-10H,5,7H2,1-4H3/t9-,10-/m0/s1. The molecule has 1 aliphatic carbocycles. The average molecular weight is 181 g/mol. The maximum absolute atomic E-state index is 5.86. The number of allylic oxidation sites excluding steroid dienone is 1. The number of hydrogen-bond donors (Lipinski definition) is 0. The van der Waals surface area contributed by atoms with E-state index in [0.29, 0.717) is 12.1 Å². The van der Waals surface area contributed by atoms with Crippen molar-refractivity contribution in [3.8, 4) is 0 Å². The number of hydrogen-bond acceptors (Lipinski definition) is 2. The minimum absolute atomic E-state index is 0.221. The van der Waals surface area contributed by atoms with Gasteiger partial charge in [0, 0.05) is 7.05 Å². The van der Waals surface area contributed by atoms with Crippen molar-refractivity contribution in [2.75, 3.05) is 7.05 Å². The van der Waals surface area contributed by atoms with Crippen LogP contribution in [0.2, 0.25) is 0 Å². The molecule has 74 valence electrons. The van der Waals surface area contributed by atoms with Crippen LogP contribution in [-0.2, 0) is 4.84 Å². The SMILES string of the molecule is CN1O[C@H](C(C)(C)C)C2=CCC[C@@H]21. The molecule has 0 saturated carbocycles. The van der Waals surface area contributed by atoms with Crippen molar-refractivity contribution in [2.45, 2.75) is 45.8 Å². The highest BCUT2D eigenvalue weighted by Gasteiger charge is 2.43. The third-order valence-electron chi connectivity index (χ3n) is 3.00. The van der Waals surface area contributed by atoms with Crippen LogP contribution in [0, 0.1) is 5.41 Å². The second-order valence-electron chi connectivity index (χ2n) is 5.19. The Morgan fingerprint density at radius 1 is 1.46 bits per heavy atom. The molecular weight excluding hydrogens is 162 g/mol. The van der Waals surface area contributed by atoms with Crippen LogP contribution in [0.15, 0.2) is 11.6 Å². The molecule has 0 aromatic rings. The van der Waals surface area contributed by atoms with Gasteiger partial charge in [-0.1, -0.05) is 26.8 Å². The van der Waals surface area contributed by atoms with Gasteiger partial charge in [0.05, 0.1) is 6.04 Å². The van der Waals surface area contributed by atoms with Gasteiger partial charge in [-0.05, 0) is 23.8 Å². The monoisotopic (exact) mass is 181 g/mol. The molecule has 2 rings (SSSR count). The van der Waals surface area contributed by atoms with E-state index in [1.807, 2.05) is 5.06 Å². The van der Waals surface area contributed by atoms with Crippen LogP contribution in [-0.4, -0.2) is 24.3 Å². The van der Waals surface area contributed by atoms with Gasteiger partial charge < -0.3 is 0 Å². The van der Waals surface area contributed by atoms with E-state index in [9.17, 15) is 0 Å². The van der Waals surface area contributed by atoms with Gasteiger partial charge in [-0.3, -0.25) is 4.84 Å². The predicted molar refractivity (Wildman–Crippen MR) is 53.2 cm³/mol.